The monoisotopic (exact) mass is 336 g/mol. The first-order valence-corrected chi connectivity index (χ1v) is 9.07. The van der Waals surface area contributed by atoms with Crippen molar-refractivity contribution in [3.05, 3.63) is 35.4 Å². The molecule has 0 radical (unpaired) electrons. The maximum Gasteiger partial charge on any atom is 0.253 e. The van der Waals surface area contributed by atoms with Gasteiger partial charge in [-0.3, -0.25) is 9.59 Å². The van der Waals surface area contributed by atoms with Crippen LogP contribution < -0.4 is 5.32 Å². The second-order valence-corrected chi connectivity index (χ2v) is 5.13. The number of carbonyl (C=O) groups excluding carboxylic acids is 2. The fraction of sp³-hybridized carbons (Fsp3) is 0.600. The van der Waals surface area contributed by atoms with Gasteiger partial charge in [-0.1, -0.05) is 59.2 Å². The Bertz CT molecular complexity index is 455. The Morgan fingerprint density at radius 2 is 1.58 bits per heavy atom. The molecule has 0 aliphatic heterocycles. The van der Waals surface area contributed by atoms with E-state index in [1.807, 2.05) is 72.7 Å². The first kappa shape index (κ1) is 24.4. The molecule has 138 valence electrons. The van der Waals surface area contributed by atoms with Crippen LogP contribution >= 0.6 is 0 Å². The Labute approximate surface area is 148 Å². The normalized spacial score (nSPS) is 10.3. The fourth-order valence-electron chi connectivity index (χ4n) is 2.08. The molecule has 0 spiro atoms. The molecule has 4 nitrogen and oxygen atoms in total. The van der Waals surface area contributed by atoms with Crippen LogP contribution in [-0.4, -0.2) is 36.9 Å². The van der Waals surface area contributed by atoms with Gasteiger partial charge in [0.25, 0.3) is 5.91 Å². The Kier molecular flexibility index (Phi) is 15.0. The zero-order valence-electron chi connectivity index (χ0n) is 16.8. The van der Waals surface area contributed by atoms with E-state index in [0.717, 1.165) is 12.0 Å². The highest BCUT2D eigenvalue weighted by Gasteiger charge is 2.20. The van der Waals surface area contributed by atoms with Crippen LogP contribution in [0.3, 0.4) is 0 Å². The van der Waals surface area contributed by atoms with Gasteiger partial charge >= 0.3 is 0 Å². The van der Waals surface area contributed by atoms with Gasteiger partial charge < -0.3 is 10.2 Å². The first-order valence-electron chi connectivity index (χ1n) is 9.07. The summed E-state index contributed by atoms with van der Waals surface area (Å²) in [6.07, 6.45) is 0.873. The molecule has 0 aliphatic carbocycles. The van der Waals surface area contributed by atoms with Gasteiger partial charge in [-0.15, -0.1) is 0 Å². The molecule has 1 rings (SSSR count). The van der Waals surface area contributed by atoms with E-state index in [2.05, 4.69) is 5.32 Å². The third kappa shape index (κ3) is 8.70. The Hall–Kier alpha value is -1.84. The van der Waals surface area contributed by atoms with Crippen LogP contribution in [0, 0.1) is 12.8 Å². The second kappa shape index (κ2) is 14.7. The molecule has 4 heteroatoms. The molecular weight excluding hydrogens is 300 g/mol. The Balaban J connectivity index is 0. The number of hydrogen-bond donors (Lipinski definition) is 1. The highest BCUT2D eigenvalue weighted by Crippen LogP contribution is 2.10. The van der Waals surface area contributed by atoms with Crippen molar-refractivity contribution in [1.29, 1.82) is 0 Å². The van der Waals surface area contributed by atoms with Crippen LogP contribution in [0.4, 0.5) is 0 Å². The van der Waals surface area contributed by atoms with Crippen LogP contribution in [0.2, 0.25) is 0 Å². The van der Waals surface area contributed by atoms with Crippen LogP contribution in [0.1, 0.15) is 63.9 Å². The minimum absolute atomic E-state index is 0.0115. The standard InChI is InChI=1S/C16H24N2O2.2C2H6/c1-5-10-18(11-13(3)15(19)17-4)16(20)14-8-6-12(2)7-9-14;2*1-2/h6-9,13H,5,10-11H2,1-4H3,(H,17,19);2*1-2H3. The largest absolute Gasteiger partial charge is 0.359 e. The summed E-state index contributed by atoms with van der Waals surface area (Å²) in [6, 6.07) is 7.54. The van der Waals surface area contributed by atoms with Gasteiger partial charge in [0, 0.05) is 25.7 Å². The molecule has 1 N–H and O–H groups in total. The number of amides is 2. The maximum absolute atomic E-state index is 12.5. The highest BCUT2D eigenvalue weighted by atomic mass is 16.2. The predicted octanol–water partition coefficient (Wildman–Crippen LogP) is 4.28. The van der Waals surface area contributed by atoms with E-state index < -0.39 is 0 Å². The molecule has 1 atom stereocenters. The average Bonchev–Trinajstić information content (AvgIpc) is 2.64. The quantitative estimate of drug-likeness (QED) is 0.843. The van der Waals surface area contributed by atoms with E-state index >= 15 is 0 Å². The summed E-state index contributed by atoms with van der Waals surface area (Å²) in [5.41, 5.74) is 1.80. The van der Waals surface area contributed by atoms with Gasteiger partial charge in [-0.2, -0.15) is 0 Å². The molecular formula is C20H36N2O2. The number of benzene rings is 1. The highest BCUT2D eigenvalue weighted by molar-refractivity contribution is 5.94. The van der Waals surface area contributed by atoms with Gasteiger partial charge in [-0.25, -0.2) is 0 Å². The van der Waals surface area contributed by atoms with Crippen molar-refractivity contribution >= 4 is 11.8 Å². The molecule has 0 bridgehead atoms. The summed E-state index contributed by atoms with van der Waals surface area (Å²) in [7, 11) is 1.62. The van der Waals surface area contributed by atoms with E-state index in [0.29, 0.717) is 18.7 Å². The van der Waals surface area contributed by atoms with Crippen LogP contribution in [-0.2, 0) is 4.79 Å². The minimum atomic E-state index is -0.207. The lowest BCUT2D eigenvalue weighted by Crippen LogP contribution is -2.40. The number of carbonyl (C=O) groups is 2. The van der Waals surface area contributed by atoms with E-state index in [9.17, 15) is 9.59 Å². The van der Waals surface area contributed by atoms with Gasteiger partial charge in [-0.05, 0) is 25.5 Å². The molecule has 0 aliphatic rings. The van der Waals surface area contributed by atoms with Crippen LogP contribution in [0.15, 0.2) is 24.3 Å². The summed E-state index contributed by atoms with van der Waals surface area (Å²) < 4.78 is 0. The maximum atomic E-state index is 12.5. The molecule has 1 aromatic rings. The lowest BCUT2D eigenvalue weighted by molar-refractivity contribution is -0.124. The van der Waals surface area contributed by atoms with Crippen molar-refractivity contribution < 1.29 is 9.59 Å². The summed E-state index contributed by atoms with van der Waals surface area (Å²) in [5, 5.41) is 2.62. The summed E-state index contributed by atoms with van der Waals surface area (Å²) in [6.45, 7) is 15.0. The second-order valence-electron chi connectivity index (χ2n) is 5.13. The summed E-state index contributed by atoms with van der Waals surface area (Å²) in [5.74, 6) is -0.258. The molecule has 0 aromatic heterocycles. The topological polar surface area (TPSA) is 49.4 Å². The molecule has 0 fully saturated rings. The number of aryl methyl sites for hydroxylation is 1. The molecule has 1 unspecified atom stereocenters. The zero-order valence-corrected chi connectivity index (χ0v) is 16.8. The minimum Gasteiger partial charge on any atom is -0.359 e. The van der Waals surface area contributed by atoms with Crippen molar-refractivity contribution in [3.8, 4) is 0 Å². The predicted molar refractivity (Wildman–Crippen MR) is 103 cm³/mol. The van der Waals surface area contributed by atoms with Gasteiger partial charge in [0.2, 0.25) is 5.91 Å². The van der Waals surface area contributed by atoms with E-state index in [-0.39, 0.29) is 17.7 Å². The lowest BCUT2D eigenvalue weighted by atomic mass is 10.1. The smallest absolute Gasteiger partial charge is 0.253 e. The number of rotatable bonds is 6. The van der Waals surface area contributed by atoms with E-state index in [1.165, 1.54) is 0 Å². The van der Waals surface area contributed by atoms with Crippen molar-refractivity contribution in [2.24, 2.45) is 5.92 Å². The third-order valence-electron chi connectivity index (χ3n) is 3.27. The van der Waals surface area contributed by atoms with Crippen molar-refractivity contribution in [2.75, 3.05) is 20.1 Å². The van der Waals surface area contributed by atoms with E-state index in [1.54, 1.807) is 11.9 Å². The number of hydrogen-bond acceptors (Lipinski definition) is 2. The third-order valence-corrected chi connectivity index (χ3v) is 3.27. The summed E-state index contributed by atoms with van der Waals surface area (Å²) >= 11 is 0. The van der Waals surface area contributed by atoms with E-state index in [4.69, 9.17) is 0 Å². The Morgan fingerprint density at radius 3 is 2.00 bits per heavy atom. The Morgan fingerprint density at radius 1 is 1.08 bits per heavy atom. The van der Waals surface area contributed by atoms with Gasteiger partial charge in [0.05, 0.1) is 5.92 Å². The zero-order chi connectivity index (χ0) is 19.1. The number of nitrogens with zero attached hydrogens (tertiary/aromatic N) is 1. The molecule has 0 heterocycles. The molecule has 0 saturated carbocycles. The molecule has 2 amide bonds. The van der Waals surface area contributed by atoms with Gasteiger partial charge in [0.1, 0.15) is 0 Å². The van der Waals surface area contributed by atoms with Gasteiger partial charge in [0.15, 0.2) is 0 Å². The SMILES string of the molecule is CC.CC.CCCN(CC(C)C(=O)NC)C(=O)c1ccc(C)cc1. The van der Waals surface area contributed by atoms with Crippen molar-refractivity contribution in [3.63, 3.8) is 0 Å². The molecule has 0 saturated heterocycles. The number of nitrogens with one attached hydrogen (secondary N) is 1. The van der Waals surface area contributed by atoms with Crippen molar-refractivity contribution in [1.82, 2.24) is 10.2 Å². The fourth-order valence-corrected chi connectivity index (χ4v) is 2.08. The van der Waals surface area contributed by atoms with Crippen molar-refractivity contribution in [2.45, 2.75) is 54.9 Å². The molecule has 24 heavy (non-hydrogen) atoms. The summed E-state index contributed by atoms with van der Waals surface area (Å²) in [4.78, 5) is 25.8. The van der Waals surface area contributed by atoms with Crippen LogP contribution in [0.5, 0.6) is 0 Å². The lowest BCUT2D eigenvalue weighted by Gasteiger charge is -2.25. The molecule has 1 aromatic carbocycles. The van der Waals surface area contributed by atoms with Crippen LogP contribution in [0.25, 0.3) is 0 Å². The average molecular weight is 337 g/mol. The first-order chi connectivity index (χ1) is 11.5.